The second kappa shape index (κ2) is 3.64. The number of nitrogens with zero attached hydrogens (tertiary/aromatic N) is 1. The first-order chi connectivity index (χ1) is 5.61. The Balaban J connectivity index is 2.95. The van der Waals surface area contributed by atoms with Gasteiger partial charge in [-0.1, -0.05) is 0 Å². The average molecular weight is 231 g/mol. The monoisotopic (exact) mass is 230 g/mol. The molecule has 0 saturated carbocycles. The Morgan fingerprint density at radius 1 is 1.75 bits per heavy atom. The zero-order chi connectivity index (χ0) is 9.14. The van der Waals surface area contributed by atoms with Crippen molar-refractivity contribution in [2.75, 3.05) is 0 Å². The SMILES string of the molecule is N[C@@H](C(=O)O)c1ccnc(Br)c1. The first kappa shape index (κ1) is 9.15. The van der Waals surface area contributed by atoms with Gasteiger partial charge in [0.1, 0.15) is 10.6 Å². The predicted molar refractivity (Wildman–Crippen MR) is 46.5 cm³/mol. The topological polar surface area (TPSA) is 76.2 Å². The van der Waals surface area contributed by atoms with Crippen LogP contribution in [0.3, 0.4) is 0 Å². The summed E-state index contributed by atoms with van der Waals surface area (Å²) >= 11 is 3.12. The van der Waals surface area contributed by atoms with Gasteiger partial charge in [0, 0.05) is 6.20 Å². The van der Waals surface area contributed by atoms with E-state index in [-0.39, 0.29) is 0 Å². The molecular weight excluding hydrogens is 224 g/mol. The van der Waals surface area contributed by atoms with Gasteiger partial charge >= 0.3 is 5.97 Å². The largest absolute Gasteiger partial charge is 0.480 e. The molecule has 1 heterocycles. The molecule has 4 nitrogen and oxygen atoms in total. The summed E-state index contributed by atoms with van der Waals surface area (Å²) in [5.74, 6) is -1.05. The maximum absolute atomic E-state index is 10.5. The Hall–Kier alpha value is -0.940. The predicted octanol–water partition coefficient (Wildman–Crippen LogP) is 0.928. The molecule has 0 fully saturated rings. The molecule has 0 unspecified atom stereocenters. The third-order valence-corrected chi connectivity index (χ3v) is 1.81. The third kappa shape index (κ3) is 2.02. The lowest BCUT2D eigenvalue weighted by molar-refractivity contribution is -0.138. The van der Waals surface area contributed by atoms with Gasteiger partial charge in [-0.15, -0.1) is 0 Å². The van der Waals surface area contributed by atoms with Crippen LogP contribution in [0.5, 0.6) is 0 Å². The van der Waals surface area contributed by atoms with E-state index in [0.717, 1.165) is 0 Å². The van der Waals surface area contributed by atoms with Gasteiger partial charge in [0.15, 0.2) is 0 Å². The summed E-state index contributed by atoms with van der Waals surface area (Å²) in [5, 5.41) is 8.57. The quantitative estimate of drug-likeness (QED) is 0.742. The van der Waals surface area contributed by atoms with Crippen LogP contribution in [-0.2, 0) is 4.79 Å². The molecule has 0 spiro atoms. The van der Waals surface area contributed by atoms with Gasteiger partial charge in [-0.3, -0.25) is 4.79 Å². The number of carboxylic acids is 1. The Kier molecular flexibility index (Phi) is 2.78. The molecule has 0 aliphatic carbocycles. The maximum atomic E-state index is 10.5. The lowest BCUT2D eigenvalue weighted by atomic mass is 10.1. The highest BCUT2D eigenvalue weighted by atomic mass is 79.9. The fraction of sp³-hybridized carbons (Fsp3) is 0.143. The van der Waals surface area contributed by atoms with E-state index in [1.54, 1.807) is 12.1 Å². The summed E-state index contributed by atoms with van der Waals surface area (Å²) < 4.78 is 0.580. The fourth-order valence-electron chi connectivity index (χ4n) is 0.753. The molecule has 1 rings (SSSR count). The van der Waals surface area contributed by atoms with E-state index in [1.165, 1.54) is 6.20 Å². The first-order valence-corrected chi connectivity index (χ1v) is 4.00. The van der Waals surface area contributed by atoms with Crippen LogP contribution in [0, 0.1) is 0 Å². The van der Waals surface area contributed by atoms with Gasteiger partial charge in [0.05, 0.1) is 0 Å². The molecule has 64 valence electrons. The smallest absolute Gasteiger partial charge is 0.325 e. The minimum Gasteiger partial charge on any atom is -0.480 e. The highest BCUT2D eigenvalue weighted by Crippen LogP contribution is 2.13. The van der Waals surface area contributed by atoms with E-state index in [4.69, 9.17) is 10.8 Å². The summed E-state index contributed by atoms with van der Waals surface area (Å²) in [7, 11) is 0. The lowest BCUT2D eigenvalue weighted by Crippen LogP contribution is -2.20. The van der Waals surface area contributed by atoms with Gasteiger partial charge in [0.2, 0.25) is 0 Å². The number of aliphatic carboxylic acids is 1. The molecule has 5 heteroatoms. The van der Waals surface area contributed by atoms with E-state index < -0.39 is 12.0 Å². The van der Waals surface area contributed by atoms with E-state index in [1.807, 2.05) is 0 Å². The van der Waals surface area contributed by atoms with Crippen LogP contribution in [-0.4, -0.2) is 16.1 Å². The number of rotatable bonds is 2. The van der Waals surface area contributed by atoms with Crippen molar-refractivity contribution in [1.29, 1.82) is 0 Å². The molecule has 3 N–H and O–H groups in total. The molecule has 1 aromatic rings. The van der Waals surface area contributed by atoms with Crippen LogP contribution in [0.25, 0.3) is 0 Å². The van der Waals surface area contributed by atoms with Crippen LogP contribution in [0.15, 0.2) is 22.9 Å². The normalized spacial score (nSPS) is 12.5. The van der Waals surface area contributed by atoms with Crippen LogP contribution in [0.4, 0.5) is 0 Å². The standard InChI is InChI=1S/C7H7BrN2O2/c8-5-3-4(1-2-10-5)6(9)7(11)12/h1-3,6H,9H2,(H,11,12)/t6-/m1/s1. The molecule has 0 radical (unpaired) electrons. The Bertz CT molecular complexity index is 303. The van der Waals surface area contributed by atoms with Gasteiger partial charge in [-0.25, -0.2) is 4.98 Å². The minimum atomic E-state index is -1.05. The van der Waals surface area contributed by atoms with Crippen molar-refractivity contribution in [1.82, 2.24) is 4.98 Å². The second-order valence-corrected chi connectivity index (χ2v) is 3.04. The first-order valence-electron chi connectivity index (χ1n) is 3.21. The van der Waals surface area contributed by atoms with Crippen LogP contribution < -0.4 is 5.73 Å². The number of pyridine rings is 1. The highest BCUT2D eigenvalue weighted by Gasteiger charge is 2.13. The molecule has 0 aromatic carbocycles. The molecule has 1 aromatic heterocycles. The summed E-state index contributed by atoms with van der Waals surface area (Å²) in [5.41, 5.74) is 5.89. The molecule has 0 bridgehead atoms. The molecule has 0 aliphatic rings. The molecule has 0 saturated heterocycles. The van der Waals surface area contributed by atoms with Crippen molar-refractivity contribution in [3.63, 3.8) is 0 Å². The molecular formula is C7H7BrN2O2. The van der Waals surface area contributed by atoms with Gasteiger partial charge in [-0.05, 0) is 33.6 Å². The second-order valence-electron chi connectivity index (χ2n) is 2.23. The minimum absolute atomic E-state index is 0.532. The maximum Gasteiger partial charge on any atom is 0.325 e. The van der Waals surface area contributed by atoms with Crippen LogP contribution >= 0.6 is 15.9 Å². The van der Waals surface area contributed by atoms with E-state index in [0.29, 0.717) is 10.2 Å². The number of nitrogens with two attached hydrogens (primary N) is 1. The molecule has 1 atom stereocenters. The molecule has 12 heavy (non-hydrogen) atoms. The summed E-state index contributed by atoms with van der Waals surface area (Å²) in [6.45, 7) is 0. The highest BCUT2D eigenvalue weighted by molar-refractivity contribution is 9.10. The van der Waals surface area contributed by atoms with Crippen molar-refractivity contribution in [3.8, 4) is 0 Å². The van der Waals surface area contributed by atoms with Crippen molar-refractivity contribution in [2.45, 2.75) is 6.04 Å². The van der Waals surface area contributed by atoms with Crippen LogP contribution in [0.1, 0.15) is 11.6 Å². The van der Waals surface area contributed by atoms with E-state index in [2.05, 4.69) is 20.9 Å². The number of carbonyl (C=O) groups is 1. The fourth-order valence-corrected chi connectivity index (χ4v) is 1.14. The summed E-state index contributed by atoms with van der Waals surface area (Å²) in [6, 6.07) is 2.17. The number of aromatic nitrogens is 1. The zero-order valence-corrected chi connectivity index (χ0v) is 7.65. The Morgan fingerprint density at radius 2 is 2.42 bits per heavy atom. The van der Waals surface area contributed by atoms with Crippen molar-refractivity contribution < 1.29 is 9.90 Å². The lowest BCUT2D eigenvalue weighted by Gasteiger charge is -2.05. The van der Waals surface area contributed by atoms with E-state index in [9.17, 15) is 4.79 Å². The van der Waals surface area contributed by atoms with E-state index >= 15 is 0 Å². The van der Waals surface area contributed by atoms with Crippen LogP contribution in [0.2, 0.25) is 0 Å². The van der Waals surface area contributed by atoms with Gasteiger partial charge in [-0.2, -0.15) is 0 Å². The number of hydrogen-bond acceptors (Lipinski definition) is 3. The van der Waals surface area contributed by atoms with Crippen molar-refractivity contribution in [2.24, 2.45) is 5.73 Å². The average Bonchev–Trinajstić information content (AvgIpc) is 2.03. The van der Waals surface area contributed by atoms with Gasteiger partial charge < -0.3 is 10.8 Å². The van der Waals surface area contributed by atoms with Crippen molar-refractivity contribution in [3.05, 3.63) is 28.5 Å². The number of carboxylic acid groups (broad SMARTS) is 1. The summed E-state index contributed by atoms with van der Waals surface area (Å²) in [4.78, 5) is 14.3. The Labute approximate surface area is 77.5 Å². The number of hydrogen-bond donors (Lipinski definition) is 2. The Morgan fingerprint density at radius 3 is 2.92 bits per heavy atom. The van der Waals surface area contributed by atoms with Gasteiger partial charge in [0.25, 0.3) is 0 Å². The zero-order valence-electron chi connectivity index (χ0n) is 6.07. The third-order valence-electron chi connectivity index (χ3n) is 1.38. The molecule has 0 aliphatic heterocycles. The number of halogens is 1. The van der Waals surface area contributed by atoms with Crippen molar-refractivity contribution >= 4 is 21.9 Å². The molecule has 0 amide bonds. The summed E-state index contributed by atoms with van der Waals surface area (Å²) in [6.07, 6.45) is 1.50.